The van der Waals surface area contributed by atoms with Gasteiger partial charge in [-0.15, -0.1) is 0 Å². The minimum atomic E-state index is -0.776. The molecule has 32 heavy (non-hydrogen) atoms. The average molecular weight is 429 g/mol. The normalized spacial score (nSPS) is 17.8. The molecular weight excluding hydrogens is 400 g/mol. The van der Waals surface area contributed by atoms with Gasteiger partial charge >= 0.3 is 0 Å². The predicted molar refractivity (Wildman–Crippen MR) is 125 cm³/mol. The molecular formula is C27H28N2O3. The first-order valence-electron chi connectivity index (χ1n) is 10.9. The highest BCUT2D eigenvalue weighted by Gasteiger charge is 2.45. The van der Waals surface area contributed by atoms with Crippen LogP contribution in [0.2, 0.25) is 0 Å². The number of hydrogen-bond donors (Lipinski definition) is 1. The molecule has 0 spiro atoms. The third-order valence-electron chi connectivity index (χ3n) is 6.39. The van der Waals surface area contributed by atoms with Gasteiger partial charge in [-0.05, 0) is 35.6 Å². The van der Waals surface area contributed by atoms with Crippen molar-refractivity contribution >= 4 is 11.8 Å². The van der Waals surface area contributed by atoms with E-state index in [0.29, 0.717) is 31.7 Å². The molecule has 5 heteroatoms. The zero-order chi connectivity index (χ0) is 22.6. The summed E-state index contributed by atoms with van der Waals surface area (Å²) in [4.78, 5) is 27.5. The van der Waals surface area contributed by atoms with Gasteiger partial charge in [0.1, 0.15) is 5.75 Å². The number of methoxy groups -OCH3 is 1. The van der Waals surface area contributed by atoms with E-state index in [1.54, 1.807) is 12.0 Å². The van der Waals surface area contributed by atoms with Crippen LogP contribution >= 0.6 is 0 Å². The highest BCUT2D eigenvalue weighted by molar-refractivity contribution is 5.85. The van der Waals surface area contributed by atoms with Crippen molar-refractivity contribution in [3.63, 3.8) is 0 Å². The van der Waals surface area contributed by atoms with E-state index in [1.807, 2.05) is 60.7 Å². The van der Waals surface area contributed by atoms with Crippen LogP contribution in [0.25, 0.3) is 11.1 Å². The summed E-state index contributed by atoms with van der Waals surface area (Å²) in [6.07, 6.45) is 1.30. The number of likely N-dealkylation sites (tertiary alicyclic amines) is 1. The quantitative estimate of drug-likeness (QED) is 0.621. The van der Waals surface area contributed by atoms with Crippen LogP contribution in [0, 0.1) is 5.41 Å². The van der Waals surface area contributed by atoms with Crippen molar-refractivity contribution in [1.82, 2.24) is 4.90 Å². The van der Waals surface area contributed by atoms with Crippen LogP contribution in [0.15, 0.2) is 78.9 Å². The molecule has 1 saturated heterocycles. The van der Waals surface area contributed by atoms with E-state index in [9.17, 15) is 9.59 Å². The molecule has 1 fully saturated rings. The summed E-state index contributed by atoms with van der Waals surface area (Å²) >= 11 is 0. The third kappa shape index (κ3) is 4.37. The smallest absolute Gasteiger partial charge is 0.227 e. The molecule has 0 bridgehead atoms. The van der Waals surface area contributed by atoms with Gasteiger partial charge in [0.2, 0.25) is 11.8 Å². The summed E-state index contributed by atoms with van der Waals surface area (Å²) < 4.78 is 5.38. The van der Waals surface area contributed by atoms with Gasteiger partial charge in [0.15, 0.2) is 0 Å². The Bertz CT molecular complexity index is 1110. The SMILES string of the molecule is COc1ccccc1CC(=O)N1CC[C@](Cc2ccccc2-c2ccccc2)(C(N)=O)C1. The van der Waals surface area contributed by atoms with Gasteiger partial charge in [-0.3, -0.25) is 9.59 Å². The van der Waals surface area contributed by atoms with Gasteiger partial charge < -0.3 is 15.4 Å². The maximum atomic E-state index is 13.1. The largest absolute Gasteiger partial charge is 0.496 e. The molecule has 3 aromatic carbocycles. The molecule has 1 aliphatic heterocycles. The Labute approximate surface area is 188 Å². The first-order valence-corrected chi connectivity index (χ1v) is 10.9. The minimum absolute atomic E-state index is 0.0195. The van der Waals surface area contributed by atoms with Crippen molar-refractivity contribution in [3.8, 4) is 16.9 Å². The molecule has 3 aromatic rings. The van der Waals surface area contributed by atoms with E-state index in [0.717, 1.165) is 22.3 Å². The Morgan fingerprint density at radius 1 is 0.938 bits per heavy atom. The van der Waals surface area contributed by atoms with Crippen LogP contribution < -0.4 is 10.5 Å². The average Bonchev–Trinajstić information content (AvgIpc) is 3.26. The number of nitrogens with zero attached hydrogens (tertiary/aromatic N) is 1. The summed E-state index contributed by atoms with van der Waals surface area (Å²) in [7, 11) is 1.60. The lowest BCUT2D eigenvalue weighted by Gasteiger charge is -2.27. The van der Waals surface area contributed by atoms with E-state index in [2.05, 4.69) is 18.2 Å². The second-order valence-corrected chi connectivity index (χ2v) is 8.40. The van der Waals surface area contributed by atoms with E-state index < -0.39 is 5.41 Å². The summed E-state index contributed by atoms with van der Waals surface area (Å²) in [5, 5.41) is 0. The molecule has 0 radical (unpaired) electrons. The number of carbonyl (C=O) groups excluding carboxylic acids is 2. The molecule has 0 aliphatic carbocycles. The number of ether oxygens (including phenoxy) is 1. The van der Waals surface area contributed by atoms with Gasteiger partial charge in [0.25, 0.3) is 0 Å². The fraction of sp³-hybridized carbons (Fsp3) is 0.259. The molecule has 0 unspecified atom stereocenters. The van der Waals surface area contributed by atoms with Crippen molar-refractivity contribution in [1.29, 1.82) is 0 Å². The zero-order valence-corrected chi connectivity index (χ0v) is 18.3. The Balaban J connectivity index is 1.55. The van der Waals surface area contributed by atoms with Gasteiger partial charge in [-0.1, -0.05) is 72.8 Å². The lowest BCUT2D eigenvalue weighted by molar-refractivity contribution is -0.131. The van der Waals surface area contributed by atoms with Gasteiger partial charge in [-0.25, -0.2) is 0 Å². The van der Waals surface area contributed by atoms with E-state index >= 15 is 0 Å². The molecule has 1 heterocycles. The number of carbonyl (C=O) groups is 2. The topological polar surface area (TPSA) is 72.6 Å². The fourth-order valence-corrected chi connectivity index (χ4v) is 4.58. The standard InChI is InChI=1S/C27H28N2O3/c1-32-24-14-8-6-11-21(24)17-25(30)29-16-15-27(19-29,26(28)31)18-22-12-5-7-13-23(22)20-9-3-2-4-10-20/h2-14H,15-19H2,1H3,(H2,28,31)/t27-/m1/s1. The Hall–Kier alpha value is -3.60. The maximum Gasteiger partial charge on any atom is 0.227 e. The van der Waals surface area contributed by atoms with E-state index in [-0.39, 0.29) is 18.2 Å². The lowest BCUT2D eigenvalue weighted by atomic mass is 9.78. The van der Waals surface area contributed by atoms with Gasteiger partial charge in [-0.2, -0.15) is 0 Å². The number of para-hydroxylation sites is 1. The molecule has 1 atom stereocenters. The summed E-state index contributed by atoms with van der Waals surface area (Å²) in [5.41, 5.74) is 9.25. The highest BCUT2D eigenvalue weighted by Crippen LogP contribution is 2.37. The number of hydrogen-bond acceptors (Lipinski definition) is 3. The van der Waals surface area contributed by atoms with Crippen LogP contribution in [0.3, 0.4) is 0 Å². The zero-order valence-electron chi connectivity index (χ0n) is 18.3. The molecule has 1 aliphatic rings. The van der Waals surface area contributed by atoms with Gasteiger partial charge in [0, 0.05) is 18.7 Å². The lowest BCUT2D eigenvalue weighted by Crippen LogP contribution is -2.43. The van der Waals surface area contributed by atoms with Crippen LogP contribution in [0.5, 0.6) is 5.75 Å². The number of primary amides is 1. The van der Waals surface area contributed by atoms with Crippen molar-refractivity contribution < 1.29 is 14.3 Å². The second kappa shape index (κ2) is 9.27. The first-order chi connectivity index (χ1) is 15.5. The second-order valence-electron chi connectivity index (χ2n) is 8.40. The molecule has 5 nitrogen and oxygen atoms in total. The Morgan fingerprint density at radius 3 is 2.31 bits per heavy atom. The fourth-order valence-electron chi connectivity index (χ4n) is 4.58. The van der Waals surface area contributed by atoms with Crippen molar-refractivity contribution in [2.75, 3.05) is 20.2 Å². The van der Waals surface area contributed by atoms with Gasteiger partial charge in [0.05, 0.1) is 18.9 Å². The Kier molecular flexibility index (Phi) is 6.26. The minimum Gasteiger partial charge on any atom is -0.496 e. The molecule has 0 aromatic heterocycles. The first kappa shape index (κ1) is 21.6. The van der Waals surface area contributed by atoms with E-state index in [1.165, 1.54) is 0 Å². The van der Waals surface area contributed by atoms with Crippen LogP contribution in [0.4, 0.5) is 0 Å². The molecule has 164 valence electrons. The molecule has 2 N–H and O–H groups in total. The van der Waals surface area contributed by atoms with Crippen molar-refractivity contribution in [2.45, 2.75) is 19.3 Å². The predicted octanol–water partition coefficient (Wildman–Crippen LogP) is 3.85. The number of rotatable bonds is 7. The maximum absolute atomic E-state index is 13.1. The molecule has 0 saturated carbocycles. The monoisotopic (exact) mass is 428 g/mol. The van der Waals surface area contributed by atoms with Crippen LogP contribution in [-0.2, 0) is 22.4 Å². The van der Waals surface area contributed by atoms with Crippen LogP contribution in [0.1, 0.15) is 17.5 Å². The molecule has 4 rings (SSSR count). The number of nitrogens with two attached hydrogens (primary N) is 1. The summed E-state index contributed by atoms with van der Waals surface area (Å²) in [6, 6.07) is 25.7. The van der Waals surface area contributed by atoms with Crippen LogP contribution in [-0.4, -0.2) is 36.9 Å². The summed E-state index contributed by atoms with van der Waals surface area (Å²) in [6.45, 7) is 0.851. The highest BCUT2D eigenvalue weighted by atomic mass is 16.5. The number of amides is 2. The third-order valence-corrected chi connectivity index (χ3v) is 6.39. The van der Waals surface area contributed by atoms with E-state index in [4.69, 9.17) is 10.5 Å². The number of benzene rings is 3. The summed E-state index contributed by atoms with van der Waals surface area (Å²) in [5.74, 6) is 0.319. The molecule has 2 amide bonds. The Morgan fingerprint density at radius 2 is 1.59 bits per heavy atom. The van der Waals surface area contributed by atoms with Crippen molar-refractivity contribution in [3.05, 3.63) is 90.0 Å². The van der Waals surface area contributed by atoms with Crippen molar-refractivity contribution in [2.24, 2.45) is 11.1 Å².